The molecule has 0 aliphatic heterocycles. The van der Waals surface area contributed by atoms with Crippen LogP contribution in [0.3, 0.4) is 0 Å². The molecule has 30 heavy (non-hydrogen) atoms. The van der Waals surface area contributed by atoms with Crippen molar-refractivity contribution in [2.75, 3.05) is 0 Å². The summed E-state index contributed by atoms with van der Waals surface area (Å²) in [5.41, 5.74) is 6.46. The van der Waals surface area contributed by atoms with E-state index in [0.29, 0.717) is 5.89 Å². The Morgan fingerprint density at radius 3 is 2.57 bits per heavy atom. The van der Waals surface area contributed by atoms with Crippen molar-refractivity contribution in [3.05, 3.63) is 93.5 Å². The molecule has 4 rings (SSSR count). The van der Waals surface area contributed by atoms with Crippen molar-refractivity contribution in [3.8, 4) is 11.5 Å². The number of fused-ring (bicyclic) bond motifs is 1. The number of aromatic nitrogens is 1. The maximum atomic E-state index is 10.8. The van der Waals surface area contributed by atoms with Gasteiger partial charge in [-0.15, -0.1) is 0 Å². The van der Waals surface area contributed by atoms with Crippen LogP contribution in [0.1, 0.15) is 16.7 Å². The highest BCUT2D eigenvalue weighted by Gasteiger charge is 2.09. The molecule has 0 amide bonds. The first-order valence-corrected chi connectivity index (χ1v) is 9.43. The van der Waals surface area contributed by atoms with E-state index < -0.39 is 4.92 Å². The molecule has 1 heterocycles. The van der Waals surface area contributed by atoms with Crippen LogP contribution in [0, 0.1) is 24.0 Å². The van der Waals surface area contributed by atoms with Crippen molar-refractivity contribution < 1.29 is 9.34 Å². The van der Waals surface area contributed by atoms with Gasteiger partial charge in [0.1, 0.15) is 5.52 Å². The summed E-state index contributed by atoms with van der Waals surface area (Å²) in [7, 11) is 0. The van der Waals surface area contributed by atoms with Crippen LogP contribution in [-0.2, 0) is 0 Å². The molecule has 0 unspecified atom stereocenters. The Balaban J connectivity index is 1.47. The number of nitro groups is 1. The number of allylic oxidation sites excluding steroid dienone is 1. The van der Waals surface area contributed by atoms with Gasteiger partial charge < -0.3 is 4.42 Å². The average Bonchev–Trinajstić information content (AvgIpc) is 3.15. The predicted octanol–water partition coefficient (Wildman–Crippen LogP) is 6.44. The molecule has 0 radical (unpaired) electrons. The van der Waals surface area contributed by atoms with Crippen LogP contribution < -0.4 is 0 Å². The lowest BCUT2D eigenvalue weighted by Gasteiger charge is -1.96. The lowest BCUT2D eigenvalue weighted by molar-refractivity contribution is -0.384. The molecule has 0 spiro atoms. The van der Waals surface area contributed by atoms with Crippen molar-refractivity contribution in [1.82, 2.24) is 4.98 Å². The van der Waals surface area contributed by atoms with E-state index in [0.717, 1.165) is 27.9 Å². The fourth-order valence-corrected chi connectivity index (χ4v) is 3.02. The van der Waals surface area contributed by atoms with Gasteiger partial charge in [-0.25, -0.2) is 4.98 Å². The first-order valence-electron chi connectivity index (χ1n) is 9.43. The second kappa shape index (κ2) is 8.13. The second-order valence-corrected chi connectivity index (χ2v) is 6.96. The van der Waals surface area contributed by atoms with Crippen molar-refractivity contribution in [1.29, 1.82) is 0 Å². The Labute approximate surface area is 173 Å². The number of aliphatic imine (C=N–C) groups is 1. The largest absolute Gasteiger partial charge is 0.436 e. The maximum Gasteiger partial charge on any atom is 0.270 e. The van der Waals surface area contributed by atoms with E-state index in [1.807, 2.05) is 36.4 Å². The van der Waals surface area contributed by atoms with E-state index in [1.54, 1.807) is 30.5 Å². The summed E-state index contributed by atoms with van der Waals surface area (Å²) in [4.78, 5) is 19.4. The molecule has 4 aromatic rings. The third-order valence-corrected chi connectivity index (χ3v) is 4.80. The molecule has 6 heteroatoms. The number of rotatable bonds is 5. The van der Waals surface area contributed by atoms with Crippen LogP contribution in [0.5, 0.6) is 0 Å². The summed E-state index contributed by atoms with van der Waals surface area (Å²) in [5.74, 6) is 0.580. The molecular weight excluding hydrogens is 378 g/mol. The molecule has 3 aromatic carbocycles. The molecule has 0 N–H and O–H groups in total. The van der Waals surface area contributed by atoms with Gasteiger partial charge in [-0.2, -0.15) is 0 Å². The number of non-ortho nitro benzene ring substituents is 1. The Morgan fingerprint density at radius 2 is 1.80 bits per heavy atom. The molecule has 0 fully saturated rings. The molecule has 148 valence electrons. The quantitative estimate of drug-likeness (QED) is 0.220. The van der Waals surface area contributed by atoms with Gasteiger partial charge in [0.25, 0.3) is 5.69 Å². The summed E-state index contributed by atoms with van der Waals surface area (Å²) < 4.78 is 5.90. The van der Waals surface area contributed by atoms with Crippen molar-refractivity contribution in [3.63, 3.8) is 0 Å². The van der Waals surface area contributed by atoms with E-state index in [-0.39, 0.29) is 5.69 Å². The predicted molar refractivity (Wildman–Crippen MR) is 119 cm³/mol. The van der Waals surface area contributed by atoms with Gasteiger partial charge >= 0.3 is 0 Å². The number of nitro benzene ring substituents is 1. The maximum absolute atomic E-state index is 10.8. The minimum atomic E-state index is -0.411. The zero-order valence-corrected chi connectivity index (χ0v) is 16.6. The first-order chi connectivity index (χ1) is 14.5. The van der Waals surface area contributed by atoms with Crippen LogP contribution in [-0.4, -0.2) is 16.1 Å². The molecule has 0 atom stereocenters. The molecule has 6 nitrogen and oxygen atoms in total. The Hall–Kier alpha value is -4.06. The van der Waals surface area contributed by atoms with Crippen molar-refractivity contribution in [2.45, 2.75) is 13.8 Å². The van der Waals surface area contributed by atoms with E-state index in [9.17, 15) is 10.1 Å². The number of benzene rings is 3. The highest BCUT2D eigenvalue weighted by Crippen LogP contribution is 2.27. The molecule has 1 aromatic heterocycles. The summed E-state index contributed by atoms with van der Waals surface area (Å²) in [6, 6.07) is 18.1. The fourth-order valence-electron chi connectivity index (χ4n) is 3.02. The lowest BCUT2D eigenvalue weighted by Crippen LogP contribution is -1.87. The second-order valence-electron chi connectivity index (χ2n) is 6.96. The molecule has 0 saturated carbocycles. The standard InChI is InChI=1S/C24H19N3O3/c1-16-13-22-23(14-17(16)2)30-24(26-22)19-8-10-20(11-9-19)25-12-4-6-18-5-3-7-21(15-18)27(28)29/h3-15H,1-2H3/b6-4+,25-12?. The van der Waals surface area contributed by atoms with E-state index in [2.05, 4.69) is 23.8 Å². The lowest BCUT2D eigenvalue weighted by atomic mass is 10.1. The fraction of sp³-hybridized carbons (Fsp3) is 0.0833. The topological polar surface area (TPSA) is 81.5 Å². The van der Waals surface area contributed by atoms with Gasteiger partial charge in [-0.3, -0.25) is 15.1 Å². The molecule has 0 bridgehead atoms. The summed E-state index contributed by atoms with van der Waals surface area (Å²) in [6.07, 6.45) is 5.17. The third-order valence-electron chi connectivity index (χ3n) is 4.80. The van der Waals surface area contributed by atoms with Gasteiger partial charge in [0.05, 0.1) is 10.6 Å². The minimum absolute atomic E-state index is 0.0641. The molecular formula is C24H19N3O3. The monoisotopic (exact) mass is 397 g/mol. The zero-order chi connectivity index (χ0) is 21.1. The number of nitrogens with zero attached hydrogens (tertiary/aromatic N) is 3. The number of hydrogen-bond acceptors (Lipinski definition) is 5. The highest BCUT2D eigenvalue weighted by atomic mass is 16.6. The first kappa shape index (κ1) is 19.3. The third kappa shape index (κ3) is 4.17. The van der Waals surface area contributed by atoms with Gasteiger partial charge in [-0.1, -0.05) is 18.2 Å². The highest BCUT2D eigenvalue weighted by molar-refractivity contribution is 5.81. The summed E-state index contributed by atoms with van der Waals surface area (Å²) in [5, 5.41) is 10.8. The molecule has 0 aliphatic carbocycles. The average molecular weight is 397 g/mol. The van der Waals surface area contributed by atoms with Gasteiger partial charge in [0.15, 0.2) is 5.58 Å². The summed E-state index contributed by atoms with van der Waals surface area (Å²) >= 11 is 0. The number of oxazole rings is 1. The van der Waals surface area contributed by atoms with Gasteiger partial charge in [0, 0.05) is 23.9 Å². The molecule has 0 aliphatic rings. The van der Waals surface area contributed by atoms with Crippen LogP contribution >= 0.6 is 0 Å². The Kier molecular flexibility index (Phi) is 5.22. The normalized spacial score (nSPS) is 11.7. The Bertz CT molecular complexity index is 1250. The Morgan fingerprint density at radius 1 is 1.03 bits per heavy atom. The SMILES string of the molecule is Cc1cc2nc(-c3ccc(N=C/C=C/c4cccc([N+](=O)[O-])c4)cc3)oc2cc1C. The van der Waals surface area contributed by atoms with Crippen LogP contribution in [0.15, 0.2) is 76.1 Å². The number of hydrogen-bond donors (Lipinski definition) is 0. The van der Waals surface area contributed by atoms with Gasteiger partial charge in [0.2, 0.25) is 5.89 Å². The van der Waals surface area contributed by atoms with Gasteiger partial charge in [-0.05, 0) is 73.0 Å². The van der Waals surface area contributed by atoms with Crippen LogP contribution in [0.4, 0.5) is 11.4 Å². The summed E-state index contributed by atoms with van der Waals surface area (Å²) in [6.45, 7) is 4.11. The van der Waals surface area contributed by atoms with E-state index in [1.165, 1.54) is 23.3 Å². The minimum Gasteiger partial charge on any atom is -0.436 e. The van der Waals surface area contributed by atoms with Crippen LogP contribution in [0.2, 0.25) is 0 Å². The van der Waals surface area contributed by atoms with Crippen molar-refractivity contribution in [2.24, 2.45) is 4.99 Å². The van der Waals surface area contributed by atoms with Crippen LogP contribution in [0.25, 0.3) is 28.6 Å². The molecule has 0 saturated heterocycles. The number of aryl methyl sites for hydroxylation is 2. The van der Waals surface area contributed by atoms with Crippen molar-refractivity contribution >= 4 is 34.8 Å². The van der Waals surface area contributed by atoms with E-state index >= 15 is 0 Å². The van der Waals surface area contributed by atoms with E-state index in [4.69, 9.17) is 4.42 Å². The smallest absolute Gasteiger partial charge is 0.270 e. The zero-order valence-electron chi connectivity index (χ0n) is 16.6.